The number of halogens is 1. The molecule has 1 amide bonds. The van der Waals surface area contributed by atoms with Crippen LogP contribution in [0.4, 0.5) is 0 Å². The summed E-state index contributed by atoms with van der Waals surface area (Å²) >= 11 is 3.16. The van der Waals surface area contributed by atoms with Gasteiger partial charge < -0.3 is 20.1 Å². The molecule has 0 saturated carbocycles. The quantitative estimate of drug-likeness (QED) is 0.581. The van der Waals surface area contributed by atoms with Gasteiger partial charge in [-0.15, -0.1) is 0 Å². The van der Waals surface area contributed by atoms with Crippen LogP contribution in [-0.2, 0) is 4.79 Å². The molecule has 3 aromatic rings. The van der Waals surface area contributed by atoms with Crippen molar-refractivity contribution < 1.29 is 24.3 Å². The van der Waals surface area contributed by atoms with E-state index in [0.717, 1.165) is 0 Å². The highest BCUT2D eigenvalue weighted by molar-refractivity contribution is 9.10. The van der Waals surface area contributed by atoms with Crippen molar-refractivity contribution in [1.29, 1.82) is 0 Å². The second-order valence-electron chi connectivity index (χ2n) is 4.78. The third-order valence-electron chi connectivity index (χ3n) is 3.21. The molecular formula is C15H10BrN3O5. The van der Waals surface area contributed by atoms with Crippen LogP contribution < -0.4 is 5.32 Å². The molecule has 8 nitrogen and oxygen atoms in total. The predicted molar refractivity (Wildman–Crippen MR) is 86.6 cm³/mol. The number of pyridine rings is 1. The second-order valence-corrected chi connectivity index (χ2v) is 5.53. The molecule has 2 aromatic heterocycles. The number of hydrogen-bond acceptors (Lipinski definition) is 6. The Morgan fingerprint density at radius 2 is 1.96 bits per heavy atom. The summed E-state index contributed by atoms with van der Waals surface area (Å²) in [5, 5.41) is 25.4. The van der Waals surface area contributed by atoms with Crippen molar-refractivity contribution in [3.05, 3.63) is 40.6 Å². The van der Waals surface area contributed by atoms with Gasteiger partial charge in [-0.1, -0.05) is 35.5 Å². The average Bonchev–Trinajstić information content (AvgIpc) is 3.02. The Hall–Kier alpha value is -2.94. The molecule has 0 aliphatic carbocycles. The summed E-state index contributed by atoms with van der Waals surface area (Å²) in [5.74, 6) is -2.47. The smallest absolute Gasteiger partial charge is 0.322 e. The van der Waals surface area contributed by atoms with Crippen LogP contribution in [0.3, 0.4) is 0 Å². The van der Waals surface area contributed by atoms with E-state index in [-0.39, 0.29) is 21.3 Å². The molecule has 3 N–H and O–H groups in total. The minimum atomic E-state index is -1.21. The van der Waals surface area contributed by atoms with E-state index in [1.165, 1.54) is 0 Å². The number of fused-ring (bicyclic) bond motifs is 1. The molecule has 122 valence electrons. The van der Waals surface area contributed by atoms with Gasteiger partial charge in [0.05, 0.1) is 5.39 Å². The first-order valence-electron chi connectivity index (χ1n) is 6.72. The first kappa shape index (κ1) is 15.9. The molecule has 1 aromatic carbocycles. The fourth-order valence-electron chi connectivity index (χ4n) is 2.16. The highest BCUT2D eigenvalue weighted by Gasteiger charge is 2.25. The Labute approximate surface area is 143 Å². The number of rotatable bonds is 4. The lowest BCUT2D eigenvalue weighted by atomic mass is 10.1. The van der Waals surface area contributed by atoms with Crippen molar-refractivity contribution in [1.82, 2.24) is 15.5 Å². The Morgan fingerprint density at radius 1 is 1.25 bits per heavy atom. The third kappa shape index (κ3) is 2.81. The number of aliphatic carboxylic acids is 1. The number of carboxylic acid groups (broad SMARTS) is 1. The van der Waals surface area contributed by atoms with Gasteiger partial charge in [-0.05, 0) is 15.9 Å². The number of amides is 1. The fraction of sp³-hybridized carbons (Fsp3) is 0.0667. The number of benzene rings is 1. The zero-order chi connectivity index (χ0) is 17.3. The molecule has 0 saturated heterocycles. The topological polar surface area (TPSA) is 126 Å². The van der Waals surface area contributed by atoms with Gasteiger partial charge in [0.15, 0.2) is 16.0 Å². The van der Waals surface area contributed by atoms with E-state index in [2.05, 4.69) is 31.4 Å². The summed E-state index contributed by atoms with van der Waals surface area (Å²) in [6, 6.07) is 8.96. The minimum absolute atomic E-state index is 0.172. The highest BCUT2D eigenvalue weighted by Crippen LogP contribution is 2.38. The molecule has 3 rings (SSSR count). The third-order valence-corrected chi connectivity index (χ3v) is 3.75. The van der Waals surface area contributed by atoms with Gasteiger partial charge in [-0.2, -0.15) is 0 Å². The molecule has 0 aliphatic heterocycles. The van der Waals surface area contributed by atoms with Crippen LogP contribution >= 0.6 is 15.9 Å². The first-order valence-corrected chi connectivity index (χ1v) is 7.51. The van der Waals surface area contributed by atoms with E-state index in [9.17, 15) is 14.7 Å². The van der Waals surface area contributed by atoms with Crippen LogP contribution in [0.25, 0.3) is 22.2 Å². The van der Waals surface area contributed by atoms with Gasteiger partial charge in [0.2, 0.25) is 5.58 Å². The lowest BCUT2D eigenvalue weighted by Crippen LogP contribution is -2.30. The molecule has 0 bridgehead atoms. The average molecular weight is 392 g/mol. The Bertz CT molecular complexity index is 939. The summed E-state index contributed by atoms with van der Waals surface area (Å²) in [6.07, 6.45) is 0. The SMILES string of the molecule is O=C(O)CNC(=O)c1nc(Br)c2onc(-c3ccccc3)c2c1O. The molecule has 2 heterocycles. The molecule has 24 heavy (non-hydrogen) atoms. The summed E-state index contributed by atoms with van der Waals surface area (Å²) < 4.78 is 5.37. The van der Waals surface area contributed by atoms with Crippen molar-refractivity contribution in [3.63, 3.8) is 0 Å². The summed E-state index contributed by atoms with van der Waals surface area (Å²) in [7, 11) is 0. The maximum absolute atomic E-state index is 12.1. The number of hydrogen-bond donors (Lipinski definition) is 3. The van der Waals surface area contributed by atoms with Crippen LogP contribution in [0.15, 0.2) is 39.5 Å². The van der Waals surface area contributed by atoms with Crippen LogP contribution in [0.5, 0.6) is 5.75 Å². The number of carboxylic acids is 1. The lowest BCUT2D eigenvalue weighted by molar-refractivity contribution is -0.135. The van der Waals surface area contributed by atoms with E-state index in [1.54, 1.807) is 24.3 Å². The maximum atomic E-state index is 12.1. The first-order chi connectivity index (χ1) is 11.5. The van der Waals surface area contributed by atoms with E-state index < -0.39 is 24.2 Å². The largest absolute Gasteiger partial charge is 0.505 e. The van der Waals surface area contributed by atoms with Crippen molar-refractivity contribution in [2.24, 2.45) is 0 Å². The van der Waals surface area contributed by atoms with Gasteiger partial charge >= 0.3 is 5.97 Å². The van der Waals surface area contributed by atoms with Crippen LogP contribution in [0.1, 0.15) is 10.5 Å². The number of carbonyl (C=O) groups excluding carboxylic acids is 1. The number of nitrogens with one attached hydrogen (secondary N) is 1. The highest BCUT2D eigenvalue weighted by atomic mass is 79.9. The lowest BCUT2D eigenvalue weighted by Gasteiger charge is -2.06. The number of aromatic nitrogens is 2. The summed E-state index contributed by atoms with van der Waals surface area (Å²) in [6.45, 7) is -0.592. The van der Waals surface area contributed by atoms with Gasteiger partial charge in [0.25, 0.3) is 5.91 Å². The normalized spacial score (nSPS) is 10.7. The van der Waals surface area contributed by atoms with Crippen molar-refractivity contribution in [2.75, 3.05) is 6.54 Å². The number of carbonyl (C=O) groups is 2. The molecule has 0 atom stereocenters. The monoisotopic (exact) mass is 391 g/mol. The van der Waals surface area contributed by atoms with Gasteiger partial charge in [0.1, 0.15) is 12.2 Å². The Morgan fingerprint density at radius 3 is 2.62 bits per heavy atom. The predicted octanol–water partition coefficient (Wildman–Crippen LogP) is 2.17. The molecule has 0 unspecified atom stereocenters. The molecule has 0 aliphatic rings. The van der Waals surface area contributed by atoms with Crippen LogP contribution in [0.2, 0.25) is 0 Å². The minimum Gasteiger partial charge on any atom is -0.505 e. The standard InChI is InChI=1S/C15H10BrN3O5/c16-14-13-9(10(19-24-13)7-4-2-1-3-5-7)12(22)11(18-14)15(23)17-6-8(20)21/h1-5,22H,6H2,(H,17,23)(H,20,21). The molecule has 0 spiro atoms. The zero-order valence-corrected chi connectivity index (χ0v) is 13.6. The number of aromatic hydroxyl groups is 1. The van der Waals surface area contributed by atoms with Crippen molar-refractivity contribution in [2.45, 2.75) is 0 Å². The summed E-state index contributed by atoms with van der Waals surface area (Å²) in [4.78, 5) is 26.5. The van der Waals surface area contributed by atoms with Crippen molar-refractivity contribution >= 4 is 38.8 Å². The molecule has 0 radical (unpaired) electrons. The van der Waals surface area contributed by atoms with E-state index in [1.807, 2.05) is 6.07 Å². The van der Waals surface area contributed by atoms with Gasteiger partial charge in [-0.3, -0.25) is 9.59 Å². The van der Waals surface area contributed by atoms with Crippen LogP contribution in [-0.4, -0.2) is 38.8 Å². The van der Waals surface area contributed by atoms with Crippen molar-refractivity contribution in [3.8, 4) is 17.0 Å². The number of nitrogens with zero attached hydrogens (tertiary/aromatic N) is 2. The molecule has 0 fully saturated rings. The Balaban J connectivity index is 2.15. The second kappa shape index (κ2) is 6.28. The van der Waals surface area contributed by atoms with Gasteiger partial charge in [-0.25, -0.2) is 4.98 Å². The van der Waals surface area contributed by atoms with E-state index >= 15 is 0 Å². The Kier molecular flexibility index (Phi) is 4.17. The van der Waals surface area contributed by atoms with Crippen LogP contribution in [0, 0.1) is 0 Å². The zero-order valence-electron chi connectivity index (χ0n) is 12.0. The van der Waals surface area contributed by atoms with Gasteiger partial charge in [0, 0.05) is 5.56 Å². The fourth-order valence-corrected chi connectivity index (χ4v) is 2.61. The molecular weight excluding hydrogens is 382 g/mol. The van der Waals surface area contributed by atoms with E-state index in [4.69, 9.17) is 9.63 Å². The van der Waals surface area contributed by atoms with E-state index in [0.29, 0.717) is 11.3 Å². The maximum Gasteiger partial charge on any atom is 0.322 e. The molecule has 9 heteroatoms. The summed E-state index contributed by atoms with van der Waals surface area (Å²) in [5.41, 5.74) is 0.886.